The van der Waals surface area contributed by atoms with Crippen LogP contribution in [0.15, 0.2) is 0 Å². The van der Waals surface area contributed by atoms with Crippen molar-refractivity contribution in [1.82, 2.24) is 14.5 Å². The van der Waals surface area contributed by atoms with E-state index < -0.39 is 10.0 Å². The van der Waals surface area contributed by atoms with Crippen LogP contribution in [0.5, 0.6) is 0 Å². The highest BCUT2D eigenvalue weighted by Gasteiger charge is 2.22. The van der Waals surface area contributed by atoms with Crippen molar-refractivity contribution in [3.8, 4) is 0 Å². The maximum Gasteiger partial charge on any atom is 0.211 e. The predicted molar refractivity (Wildman–Crippen MR) is 72.2 cm³/mol. The Hall–Kier alpha value is -0.210. The number of ether oxygens (including phenoxy) is 1. The van der Waals surface area contributed by atoms with Crippen molar-refractivity contribution in [1.29, 1.82) is 0 Å². The molecule has 1 heterocycles. The molecule has 0 radical (unpaired) electrons. The molecule has 1 N–H and O–H groups in total. The zero-order valence-electron chi connectivity index (χ0n) is 11.4. The normalized spacial score (nSPS) is 19.2. The van der Waals surface area contributed by atoms with Crippen LogP contribution in [0.1, 0.15) is 6.42 Å². The van der Waals surface area contributed by atoms with Gasteiger partial charge in [0.25, 0.3) is 0 Å². The maximum atomic E-state index is 11.3. The van der Waals surface area contributed by atoms with E-state index in [-0.39, 0.29) is 0 Å². The highest BCUT2D eigenvalue weighted by molar-refractivity contribution is 7.88. The molecule has 1 aliphatic heterocycles. The van der Waals surface area contributed by atoms with Crippen molar-refractivity contribution >= 4 is 10.0 Å². The van der Waals surface area contributed by atoms with Gasteiger partial charge in [0, 0.05) is 53.0 Å². The van der Waals surface area contributed by atoms with Crippen LogP contribution >= 0.6 is 0 Å². The maximum absolute atomic E-state index is 11.3. The third kappa shape index (κ3) is 6.10. The average molecular weight is 279 g/mol. The first kappa shape index (κ1) is 15.8. The van der Waals surface area contributed by atoms with Crippen LogP contribution in [0.3, 0.4) is 0 Å². The molecule has 0 aromatic heterocycles. The summed E-state index contributed by atoms with van der Waals surface area (Å²) in [6, 6.07) is 0. The summed E-state index contributed by atoms with van der Waals surface area (Å²) in [6.45, 7) is 6.56. The van der Waals surface area contributed by atoms with E-state index in [4.69, 9.17) is 4.74 Å². The first-order valence-electron chi connectivity index (χ1n) is 6.41. The largest absolute Gasteiger partial charge is 0.385 e. The second-order valence-electron chi connectivity index (χ2n) is 4.60. The summed E-state index contributed by atoms with van der Waals surface area (Å²) in [5.41, 5.74) is 0. The molecule has 108 valence electrons. The van der Waals surface area contributed by atoms with Gasteiger partial charge in [-0.15, -0.1) is 0 Å². The molecule has 0 aliphatic carbocycles. The summed E-state index contributed by atoms with van der Waals surface area (Å²) in [5, 5.41) is 3.36. The SMILES string of the molecule is COCCCNCCN1CCN(S(C)(=O)=O)CC1. The minimum atomic E-state index is -3.01. The van der Waals surface area contributed by atoms with Crippen molar-refractivity contribution in [2.45, 2.75) is 6.42 Å². The summed E-state index contributed by atoms with van der Waals surface area (Å²) in [5.74, 6) is 0. The predicted octanol–water partition coefficient (Wildman–Crippen LogP) is -0.810. The van der Waals surface area contributed by atoms with Crippen molar-refractivity contribution < 1.29 is 13.2 Å². The smallest absolute Gasteiger partial charge is 0.211 e. The monoisotopic (exact) mass is 279 g/mol. The first-order valence-corrected chi connectivity index (χ1v) is 8.26. The lowest BCUT2D eigenvalue weighted by Gasteiger charge is -2.33. The molecule has 0 aromatic rings. The van der Waals surface area contributed by atoms with E-state index in [1.807, 2.05) is 0 Å². The molecule has 1 saturated heterocycles. The van der Waals surface area contributed by atoms with E-state index in [0.717, 1.165) is 45.8 Å². The lowest BCUT2D eigenvalue weighted by molar-refractivity contribution is 0.184. The number of nitrogens with one attached hydrogen (secondary N) is 1. The molecular formula is C11H25N3O3S. The van der Waals surface area contributed by atoms with Crippen LogP contribution in [-0.2, 0) is 14.8 Å². The standard InChI is InChI=1S/C11H25N3O3S/c1-17-11-3-4-12-5-6-13-7-9-14(10-8-13)18(2,15)16/h12H,3-11H2,1-2H3. The Labute approximate surface area is 110 Å². The Morgan fingerprint density at radius 2 is 1.83 bits per heavy atom. The van der Waals surface area contributed by atoms with E-state index in [1.165, 1.54) is 6.26 Å². The summed E-state index contributed by atoms with van der Waals surface area (Å²) < 4.78 is 29.2. The molecule has 1 aliphatic rings. The van der Waals surface area contributed by atoms with Crippen molar-refractivity contribution in [3.05, 3.63) is 0 Å². The molecule has 18 heavy (non-hydrogen) atoms. The molecule has 0 bridgehead atoms. The van der Waals surface area contributed by atoms with Gasteiger partial charge in [0.05, 0.1) is 6.26 Å². The van der Waals surface area contributed by atoms with E-state index in [2.05, 4.69) is 10.2 Å². The van der Waals surface area contributed by atoms with E-state index in [0.29, 0.717) is 13.1 Å². The lowest BCUT2D eigenvalue weighted by atomic mass is 10.3. The number of methoxy groups -OCH3 is 1. The number of piperazine rings is 1. The van der Waals surface area contributed by atoms with Gasteiger partial charge in [0.1, 0.15) is 0 Å². The zero-order chi connectivity index (χ0) is 13.4. The fourth-order valence-corrected chi connectivity index (χ4v) is 2.82. The number of nitrogens with zero attached hydrogens (tertiary/aromatic N) is 2. The van der Waals surface area contributed by atoms with E-state index in [9.17, 15) is 8.42 Å². The third-order valence-electron chi connectivity index (χ3n) is 3.11. The number of sulfonamides is 1. The number of hydrogen-bond donors (Lipinski definition) is 1. The molecule has 1 fully saturated rings. The van der Waals surface area contributed by atoms with Gasteiger partial charge in [-0.2, -0.15) is 4.31 Å². The van der Waals surface area contributed by atoms with Crippen LogP contribution in [-0.4, -0.2) is 83.4 Å². The molecular weight excluding hydrogens is 254 g/mol. The topological polar surface area (TPSA) is 61.9 Å². The van der Waals surface area contributed by atoms with Gasteiger partial charge in [0.15, 0.2) is 0 Å². The van der Waals surface area contributed by atoms with E-state index in [1.54, 1.807) is 11.4 Å². The summed E-state index contributed by atoms with van der Waals surface area (Å²) >= 11 is 0. The second-order valence-corrected chi connectivity index (χ2v) is 6.58. The minimum Gasteiger partial charge on any atom is -0.385 e. The zero-order valence-corrected chi connectivity index (χ0v) is 12.2. The molecule has 6 nitrogen and oxygen atoms in total. The van der Waals surface area contributed by atoms with Crippen molar-refractivity contribution in [2.24, 2.45) is 0 Å². The first-order chi connectivity index (χ1) is 8.54. The Kier molecular flexibility index (Phi) is 7.10. The summed E-state index contributed by atoms with van der Waals surface area (Å²) in [4.78, 5) is 2.30. The highest BCUT2D eigenvalue weighted by Crippen LogP contribution is 2.04. The molecule has 0 amide bonds. The van der Waals surface area contributed by atoms with Gasteiger partial charge < -0.3 is 10.1 Å². The molecule has 1 rings (SSSR count). The third-order valence-corrected chi connectivity index (χ3v) is 4.41. The fourth-order valence-electron chi connectivity index (χ4n) is 1.99. The van der Waals surface area contributed by atoms with E-state index >= 15 is 0 Å². The quantitative estimate of drug-likeness (QED) is 0.589. The van der Waals surface area contributed by atoms with Gasteiger partial charge in [0.2, 0.25) is 10.0 Å². The second kappa shape index (κ2) is 8.06. The minimum absolute atomic E-state index is 0.614. The van der Waals surface area contributed by atoms with Crippen LogP contribution in [0.25, 0.3) is 0 Å². The van der Waals surface area contributed by atoms with Crippen molar-refractivity contribution in [3.63, 3.8) is 0 Å². The number of hydrogen-bond acceptors (Lipinski definition) is 5. The Balaban J connectivity index is 2.06. The van der Waals surface area contributed by atoms with Gasteiger partial charge in [-0.05, 0) is 13.0 Å². The lowest BCUT2D eigenvalue weighted by Crippen LogP contribution is -2.49. The van der Waals surface area contributed by atoms with Gasteiger partial charge in [-0.3, -0.25) is 4.90 Å². The summed E-state index contributed by atoms with van der Waals surface area (Å²) in [7, 11) is -1.30. The Bertz CT molecular complexity index is 313. The van der Waals surface area contributed by atoms with Gasteiger partial charge >= 0.3 is 0 Å². The molecule has 0 atom stereocenters. The van der Waals surface area contributed by atoms with Gasteiger partial charge in [-0.1, -0.05) is 0 Å². The molecule has 0 aromatic carbocycles. The molecule has 0 saturated carbocycles. The van der Waals surface area contributed by atoms with Crippen LogP contribution in [0.4, 0.5) is 0 Å². The Morgan fingerprint density at radius 1 is 1.17 bits per heavy atom. The van der Waals surface area contributed by atoms with Gasteiger partial charge in [-0.25, -0.2) is 8.42 Å². The van der Waals surface area contributed by atoms with Crippen molar-refractivity contribution in [2.75, 3.05) is 65.8 Å². The van der Waals surface area contributed by atoms with Crippen LogP contribution in [0, 0.1) is 0 Å². The molecule has 0 spiro atoms. The molecule has 7 heteroatoms. The average Bonchev–Trinajstić information content (AvgIpc) is 2.33. The van der Waals surface area contributed by atoms with Crippen LogP contribution < -0.4 is 5.32 Å². The Morgan fingerprint density at radius 3 is 2.39 bits per heavy atom. The highest BCUT2D eigenvalue weighted by atomic mass is 32.2. The van der Waals surface area contributed by atoms with Crippen LogP contribution in [0.2, 0.25) is 0 Å². The summed E-state index contributed by atoms with van der Waals surface area (Å²) in [6.07, 6.45) is 2.30. The number of rotatable bonds is 8. The molecule has 0 unspecified atom stereocenters. The fraction of sp³-hybridized carbons (Fsp3) is 1.00.